The highest BCUT2D eigenvalue weighted by Gasteiger charge is 2.36. The number of carbonyl (C=O) groups excluding carboxylic acids is 6. The lowest BCUT2D eigenvalue weighted by molar-refractivity contribution is -0.143. The van der Waals surface area contributed by atoms with Crippen LogP contribution in [0.5, 0.6) is 0 Å². The summed E-state index contributed by atoms with van der Waals surface area (Å²) in [6.45, 7) is 8.05. The minimum atomic E-state index is -1.77. The standard InChI is InChI=1S/C43H57N7O12/c1-6-24(4)37(42(60)46-30(16-17-35(52)53)38(56)49-34(43(61)62)20-27-22-44-29-15-11-10-14-28(27)29)50-41(59)33(21-36(54)55)48-39(57)31(18-23(2)3)47-40(58)32(45-25(5)51)19-26-12-8-7-9-13-26/h7-15,22-24,30-34,37,44H,6,16-21H2,1-5H3,(H,45,51)(H,46,60)(H,47,58)(H,48,57)(H,49,56)(H,50,59)(H,52,53)(H,54,55)(H,61,62)/t24-,30-,31-,32+,33-,34-,37-/m0/s1. The fourth-order valence-corrected chi connectivity index (χ4v) is 6.68. The van der Waals surface area contributed by atoms with Crippen LogP contribution in [0, 0.1) is 11.8 Å². The number of carboxylic acids is 3. The van der Waals surface area contributed by atoms with Crippen molar-refractivity contribution in [3.63, 3.8) is 0 Å². The predicted octanol–water partition coefficient (Wildman–Crippen LogP) is 1.40. The van der Waals surface area contributed by atoms with Gasteiger partial charge in [-0.05, 0) is 41.9 Å². The zero-order chi connectivity index (χ0) is 46.1. The summed E-state index contributed by atoms with van der Waals surface area (Å²) in [6, 6.07) is 7.28. The fourth-order valence-electron chi connectivity index (χ4n) is 6.68. The van der Waals surface area contributed by atoms with E-state index in [1.807, 2.05) is 0 Å². The van der Waals surface area contributed by atoms with Gasteiger partial charge in [-0.15, -0.1) is 0 Å². The van der Waals surface area contributed by atoms with E-state index in [1.54, 1.807) is 88.5 Å². The number of aromatic amines is 1. The molecule has 0 unspecified atom stereocenters. The second-order valence-corrected chi connectivity index (χ2v) is 15.6. The third-order valence-corrected chi connectivity index (χ3v) is 10.1. The van der Waals surface area contributed by atoms with Gasteiger partial charge < -0.3 is 52.2 Å². The molecular formula is C43H57N7O12. The van der Waals surface area contributed by atoms with Crippen molar-refractivity contribution < 1.29 is 58.5 Å². The molecule has 0 radical (unpaired) electrons. The molecule has 2 aromatic carbocycles. The second-order valence-electron chi connectivity index (χ2n) is 15.6. The number of hydrogen-bond donors (Lipinski definition) is 10. The van der Waals surface area contributed by atoms with E-state index in [0.29, 0.717) is 5.56 Å². The first-order chi connectivity index (χ1) is 29.3. The largest absolute Gasteiger partial charge is 0.481 e. The molecule has 0 bridgehead atoms. The van der Waals surface area contributed by atoms with Crippen molar-refractivity contribution in [1.29, 1.82) is 0 Å². The van der Waals surface area contributed by atoms with Gasteiger partial charge in [0.1, 0.15) is 36.3 Å². The zero-order valence-corrected chi connectivity index (χ0v) is 35.4. The average molecular weight is 864 g/mol. The molecule has 3 rings (SSSR count). The molecule has 3 aromatic rings. The number of aromatic nitrogens is 1. The van der Waals surface area contributed by atoms with Crippen LogP contribution >= 0.6 is 0 Å². The van der Waals surface area contributed by atoms with Crippen LogP contribution in [0.15, 0.2) is 60.8 Å². The lowest BCUT2D eigenvalue weighted by atomic mass is 9.96. The van der Waals surface area contributed by atoms with Gasteiger partial charge in [-0.25, -0.2) is 4.79 Å². The molecule has 6 amide bonds. The molecule has 336 valence electrons. The minimum Gasteiger partial charge on any atom is -0.481 e. The van der Waals surface area contributed by atoms with Gasteiger partial charge in [-0.1, -0.05) is 82.6 Å². The number of benzene rings is 2. The number of nitrogens with one attached hydrogen (secondary N) is 7. The first-order valence-corrected chi connectivity index (χ1v) is 20.3. The average Bonchev–Trinajstić information content (AvgIpc) is 3.62. The molecule has 0 aliphatic rings. The summed E-state index contributed by atoms with van der Waals surface area (Å²) >= 11 is 0. The van der Waals surface area contributed by atoms with Gasteiger partial charge in [0, 0.05) is 43.3 Å². The lowest BCUT2D eigenvalue weighted by Gasteiger charge is -2.29. The summed E-state index contributed by atoms with van der Waals surface area (Å²) in [5.74, 6) is -10.2. The van der Waals surface area contributed by atoms with E-state index >= 15 is 0 Å². The van der Waals surface area contributed by atoms with E-state index in [4.69, 9.17) is 0 Å². The van der Waals surface area contributed by atoms with Crippen molar-refractivity contribution in [3.05, 3.63) is 71.9 Å². The van der Waals surface area contributed by atoms with Crippen molar-refractivity contribution in [3.8, 4) is 0 Å². The monoisotopic (exact) mass is 863 g/mol. The zero-order valence-electron chi connectivity index (χ0n) is 35.4. The summed E-state index contributed by atoms with van der Waals surface area (Å²) < 4.78 is 0. The SMILES string of the molecule is CC[C@H](C)[C@H](NC(=O)[C@H](CC(=O)O)NC(=O)[C@H](CC(C)C)NC(=O)[C@@H](Cc1ccccc1)NC(C)=O)C(=O)N[C@@H](CCC(=O)O)C(=O)N[C@@H](Cc1c[nH]c2ccccc12)C(=O)O. The van der Waals surface area contributed by atoms with Crippen LogP contribution in [0.2, 0.25) is 0 Å². The van der Waals surface area contributed by atoms with Crippen LogP contribution in [0.4, 0.5) is 0 Å². The van der Waals surface area contributed by atoms with Crippen molar-refractivity contribution in [2.45, 2.75) is 116 Å². The number of H-pyrrole nitrogens is 1. The summed E-state index contributed by atoms with van der Waals surface area (Å²) in [6.07, 6.45) is -0.124. The van der Waals surface area contributed by atoms with Gasteiger partial charge >= 0.3 is 17.9 Å². The number of hydrogen-bond acceptors (Lipinski definition) is 9. The van der Waals surface area contributed by atoms with Gasteiger partial charge in [0.25, 0.3) is 0 Å². The molecule has 1 aromatic heterocycles. The van der Waals surface area contributed by atoms with E-state index < -0.39 is 115 Å². The Morgan fingerprint density at radius 3 is 1.77 bits per heavy atom. The molecule has 1 heterocycles. The van der Waals surface area contributed by atoms with Crippen LogP contribution in [0.3, 0.4) is 0 Å². The number of carbonyl (C=O) groups is 9. The molecule has 7 atom stereocenters. The number of aliphatic carboxylic acids is 3. The quantitative estimate of drug-likeness (QED) is 0.0578. The van der Waals surface area contributed by atoms with Crippen molar-refractivity contribution in [2.75, 3.05) is 0 Å². The van der Waals surface area contributed by atoms with Crippen molar-refractivity contribution >= 4 is 64.3 Å². The van der Waals surface area contributed by atoms with Gasteiger partial charge in [0.05, 0.1) is 6.42 Å². The maximum absolute atomic E-state index is 13.9. The van der Waals surface area contributed by atoms with E-state index in [0.717, 1.165) is 16.5 Å². The Balaban J connectivity index is 1.82. The van der Waals surface area contributed by atoms with Crippen LogP contribution in [-0.4, -0.2) is 110 Å². The summed E-state index contributed by atoms with van der Waals surface area (Å²) in [5.41, 5.74) is 2.04. The second kappa shape index (κ2) is 23.9. The Morgan fingerprint density at radius 2 is 1.18 bits per heavy atom. The maximum Gasteiger partial charge on any atom is 0.326 e. The molecule has 0 saturated carbocycles. The maximum atomic E-state index is 13.9. The van der Waals surface area contributed by atoms with Gasteiger partial charge in [0.2, 0.25) is 35.4 Å². The third-order valence-electron chi connectivity index (χ3n) is 10.1. The molecule has 0 saturated heterocycles. The molecule has 19 nitrogen and oxygen atoms in total. The summed E-state index contributed by atoms with van der Waals surface area (Å²) in [4.78, 5) is 119. The Hall–Kier alpha value is -6.79. The van der Waals surface area contributed by atoms with E-state index in [9.17, 15) is 58.5 Å². The number of para-hydroxylation sites is 1. The van der Waals surface area contributed by atoms with Crippen LogP contribution in [0.1, 0.15) is 77.8 Å². The molecule has 0 fully saturated rings. The third kappa shape index (κ3) is 15.7. The molecule has 62 heavy (non-hydrogen) atoms. The van der Waals surface area contributed by atoms with E-state index in [1.165, 1.54) is 6.92 Å². The first-order valence-electron chi connectivity index (χ1n) is 20.3. The highest BCUT2D eigenvalue weighted by Crippen LogP contribution is 2.20. The van der Waals surface area contributed by atoms with Gasteiger partial charge in [-0.2, -0.15) is 0 Å². The number of rotatable bonds is 25. The Kier molecular flexibility index (Phi) is 19.1. The minimum absolute atomic E-state index is 0.0549. The Bertz CT molecular complexity index is 2070. The van der Waals surface area contributed by atoms with Crippen molar-refractivity contribution in [1.82, 2.24) is 36.9 Å². The highest BCUT2D eigenvalue weighted by molar-refractivity contribution is 5.98. The Labute approximate surface area is 358 Å². The van der Waals surface area contributed by atoms with Crippen LogP contribution in [-0.2, 0) is 56.0 Å². The summed E-state index contributed by atoms with van der Waals surface area (Å²) in [7, 11) is 0. The molecular weight excluding hydrogens is 807 g/mol. The lowest BCUT2D eigenvalue weighted by Crippen LogP contribution is -2.61. The summed E-state index contributed by atoms with van der Waals surface area (Å²) in [5, 5.41) is 44.8. The normalized spacial score (nSPS) is 14.5. The van der Waals surface area contributed by atoms with Crippen LogP contribution < -0.4 is 31.9 Å². The molecule has 10 N–H and O–H groups in total. The van der Waals surface area contributed by atoms with Gasteiger partial charge in [0.15, 0.2) is 0 Å². The Morgan fingerprint density at radius 1 is 0.613 bits per heavy atom. The molecule has 0 aliphatic heterocycles. The van der Waals surface area contributed by atoms with Crippen LogP contribution in [0.25, 0.3) is 10.9 Å². The smallest absolute Gasteiger partial charge is 0.326 e. The fraction of sp³-hybridized carbons (Fsp3) is 0.465. The topological polar surface area (TPSA) is 302 Å². The van der Waals surface area contributed by atoms with Crippen molar-refractivity contribution in [2.24, 2.45) is 11.8 Å². The molecule has 0 aliphatic carbocycles. The first kappa shape index (κ1) is 49.6. The molecule has 0 spiro atoms. The number of amides is 6. The highest BCUT2D eigenvalue weighted by atomic mass is 16.4. The number of carboxylic acid groups (broad SMARTS) is 3. The molecule has 19 heteroatoms. The predicted molar refractivity (Wildman–Crippen MR) is 225 cm³/mol. The number of fused-ring (bicyclic) bond motifs is 1. The van der Waals surface area contributed by atoms with E-state index in [-0.39, 0.29) is 31.6 Å². The van der Waals surface area contributed by atoms with Gasteiger partial charge in [-0.3, -0.25) is 38.4 Å². The van der Waals surface area contributed by atoms with E-state index in [2.05, 4.69) is 36.9 Å².